The Morgan fingerprint density at radius 1 is 0.368 bits per heavy atom. The van der Waals surface area contributed by atoms with Crippen LogP contribution in [0.25, 0.3) is 0 Å². The molecule has 2 fully saturated rings. The van der Waals surface area contributed by atoms with Crippen LogP contribution < -0.4 is 0 Å². The van der Waals surface area contributed by atoms with Gasteiger partial charge in [0.2, 0.25) is 0 Å². The van der Waals surface area contributed by atoms with Crippen molar-refractivity contribution in [1.29, 1.82) is 0 Å². The van der Waals surface area contributed by atoms with Crippen LogP contribution in [0.5, 0.6) is 0 Å². The van der Waals surface area contributed by atoms with Crippen molar-refractivity contribution in [3.8, 4) is 0 Å². The molecular weight excluding hydrogens is 578 g/mol. The maximum absolute atomic E-state index is 9.00. The molecule has 2 rings (SSSR count). The van der Waals surface area contributed by atoms with Gasteiger partial charge < -0.3 is 44.7 Å². The molecule has 2 aliphatic heterocycles. The Kier molecular flexibility index (Phi) is 38.0. The summed E-state index contributed by atoms with van der Waals surface area (Å²) in [6.07, 6.45) is 0. The smallest absolute Gasteiger partial charge is 0.300 e. The molecule has 2 heterocycles. The Hall–Kier alpha value is -0.791. The van der Waals surface area contributed by atoms with E-state index in [1.54, 1.807) is 0 Å². The molecule has 230 valence electrons. The van der Waals surface area contributed by atoms with Gasteiger partial charge in [0, 0.05) is 133 Å². The molecule has 0 aromatic heterocycles. The van der Waals surface area contributed by atoms with Gasteiger partial charge in [0.25, 0.3) is 17.9 Å². The summed E-state index contributed by atoms with van der Waals surface area (Å²) in [6, 6.07) is 0. The van der Waals surface area contributed by atoms with E-state index in [0.29, 0.717) is 0 Å². The summed E-state index contributed by atoms with van der Waals surface area (Å²) < 4.78 is 0. The second-order valence-corrected chi connectivity index (χ2v) is 9.38. The van der Waals surface area contributed by atoms with Crippen LogP contribution in [0.3, 0.4) is 0 Å². The first-order chi connectivity index (χ1) is 16.6. The molecule has 2 aliphatic rings. The van der Waals surface area contributed by atoms with Crippen LogP contribution in [0.15, 0.2) is 0 Å². The molecule has 3 N–H and O–H groups in total. The van der Waals surface area contributed by atoms with E-state index in [0.717, 1.165) is 20.8 Å². The van der Waals surface area contributed by atoms with Crippen LogP contribution in [-0.4, -0.2) is 183 Å². The largest absolute Gasteiger partial charge is 0.481 e. The first-order valence-electron chi connectivity index (χ1n) is 12.3. The normalized spacial score (nSPS) is 18.6. The minimum Gasteiger partial charge on any atom is -0.481 e. The molecule has 14 heteroatoms. The second-order valence-electron chi connectivity index (χ2n) is 9.38. The van der Waals surface area contributed by atoms with Gasteiger partial charge in [0.1, 0.15) is 0 Å². The van der Waals surface area contributed by atoms with Gasteiger partial charge in [-0.1, -0.05) is 0 Å². The van der Waals surface area contributed by atoms with E-state index in [-0.39, 0.29) is 34.1 Å². The Labute approximate surface area is 252 Å². The summed E-state index contributed by atoms with van der Waals surface area (Å²) in [5.74, 6) is -2.50. The van der Waals surface area contributed by atoms with Crippen molar-refractivity contribution < 1.29 is 63.8 Å². The fraction of sp³-hybridized carbons (Fsp3) is 0.875. The van der Waals surface area contributed by atoms with Crippen molar-refractivity contribution in [2.75, 3.05) is 121 Å². The van der Waals surface area contributed by atoms with Gasteiger partial charge in [-0.2, -0.15) is 0 Å². The van der Waals surface area contributed by atoms with Crippen molar-refractivity contribution in [2.45, 2.75) is 20.8 Å². The van der Waals surface area contributed by atoms with Crippen molar-refractivity contribution in [3.05, 3.63) is 0 Å². The van der Waals surface area contributed by atoms with E-state index in [4.69, 9.17) is 29.7 Å². The zero-order valence-corrected chi connectivity index (χ0v) is 27.4. The predicted molar refractivity (Wildman–Crippen MR) is 145 cm³/mol. The van der Waals surface area contributed by atoms with Crippen LogP contribution in [0.2, 0.25) is 0 Å². The van der Waals surface area contributed by atoms with Crippen LogP contribution >= 0.6 is 0 Å². The number of likely N-dealkylation sites (N-methyl/N-ethyl adjacent to an activating group) is 6. The van der Waals surface area contributed by atoms with Crippen molar-refractivity contribution in [2.24, 2.45) is 0 Å². The van der Waals surface area contributed by atoms with Gasteiger partial charge in [-0.25, -0.2) is 0 Å². The van der Waals surface area contributed by atoms with Crippen molar-refractivity contribution in [3.63, 3.8) is 0 Å². The summed E-state index contributed by atoms with van der Waals surface area (Å²) in [5.41, 5.74) is 0. The van der Waals surface area contributed by atoms with Gasteiger partial charge in [0.15, 0.2) is 0 Å². The standard InChI is InChI=1S/2C9H21N3.3C2H4O2.2Mn/c2*1-10-4-6-11(2)8-9-12(3)7-5-10;3*1-2(3)4;;/h2*4-9H2,1-3H3;3*1H3,(H,3,4);;. The molecule has 0 aromatic rings. The average molecular weight is 633 g/mol. The van der Waals surface area contributed by atoms with Crippen molar-refractivity contribution >= 4 is 17.9 Å². The Morgan fingerprint density at radius 3 is 0.474 bits per heavy atom. The number of aliphatic carboxylic acids is 3. The quantitative estimate of drug-likeness (QED) is 0.307. The number of hydrogen-bond donors (Lipinski definition) is 3. The minimum absolute atomic E-state index is 0. The summed E-state index contributed by atoms with van der Waals surface area (Å²) in [5, 5.41) is 22.2. The Bertz CT molecular complexity index is 438. The van der Waals surface area contributed by atoms with Crippen LogP contribution in [-0.2, 0) is 48.5 Å². The van der Waals surface area contributed by atoms with Gasteiger partial charge >= 0.3 is 0 Å². The molecule has 0 unspecified atom stereocenters. The molecular formula is C24H54Mn2N6O6. The van der Waals surface area contributed by atoms with Gasteiger partial charge in [-0.3, -0.25) is 14.4 Å². The van der Waals surface area contributed by atoms with Crippen LogP contribution in [0, 0.1) is 0 Å². The van der Waals surface area contributed by atoms with Crippen molar-refractivity contribution in [1.82, 2.24) is 29.4 Å². The molecule has 0 aliphatic carbocycles. The molecule has 0 bridgehead atoms. The minimum atomic E-state index is -0.833. The molecule has 0 saturated carbocycles. The summed E-state index contributed by atoms with van der Waals surface area (Å²) in [4.78, 5) is 41.4. The fourth-order valence-corrected chi connectivity index (χ4v) is 2.72. The fourth-order valence-electron chi connectivity index (χ4n) is 2.72. The van der Waals surface area contributed by atoms with E-state index in [1.807, 2.05) is 0 Å². The topological polar surface area (TPSA) is 131 Å². The average Bonchev–Trinajstić information content (AvgIpc) is 2.85. The molecule has 0 aromatic carbocycles. The summed E-state index contributed by atoms with van der Waals surface area (Å²) in [6.45, 7) is 17.6. The molecule has 12 nitrogen and oxygen atoms in total. The number of rotatable bonds is 0. The molecule has 0 atom stereocenters. The van der Waals surface area contributed by atoms with E-state index in [2.05, 4.69) is 71.7 Å². The van der Waals surface area contributed by atoms with E-state index in [1.165, 1.54) is 78.5 Å². The molecule has 2 saturated heterocycles. The number of carboxylic acid groups (broad SMARTS) is 3. The number of carboxylic acids is 3. The maximum Gasteiger partial charge on any atom is 0.300 e. The summed E-state index contributed by atoms with van der Waals surface area (Å²) in [7, 11) is 13.2. The predicted octanol–water partition coefficient (Wildman–Crippen LogP) is -0.141. The van der Waals surface area contributed by atoms with E-state index < -0.39 is 17.9 Å². The van der Waals surface area contributed by atoms with Crippen LogP contribution in [0.4, 0.5) is 0 Å². The zero-order valence-electron chi connectivity index (χ0n) is 25.0. The summed E-state index contributed by atoms with van der Waals surface area (Å²) >= 11 is 0. The van der Waals surface area contributed by atoms with Gasteiger partial charge in [-0.05, 0) is 42.3 Å². The number of nitrogens with zero attached hydrogens (tertiary/aromatic N) is 6. The SMILES string of the molecule is CC(=O)O.CC(=O)O.CC(=O)O.CN1CCN(C)CCN(C)CC1.CN1CCN(C)CCN(C)CC1.[Mn].[Mn]. The van der Waals surface area contributed by atoms with Gasteiger partial charge in [0.05, 0.1) is 0 Å². The molecule has 0 amide bonds. The third-order valence-electron chi connectivity index (χ3n) is 5.18. The number of carbonyl (C=O) groups is 3. The third-order valence-corrected chi connectivity index (χ3v) is 5.18. The molecule has 2 radical (unpaired) electrons. The Morgan fingerprint density at radius 2 is 0.421 bits per heavy atom. The zero-order chi connectivity index (χ0) is 28.7. The Balaban J connectivity index is -0.000000131. The maximum atomic E-state index is 9.00. The number of hydrogen-bond acceptors (Lipinski definition) is 9. The van der Waals surface area contributed by atoms with Crippen LogP contribution in [0.1, 0.15) is 20.8 Å². The van der Waals surface area contributed by atoms with E-state index >= 15 is 0 Å². The second kappa shape index (κ2) is 30.7. The third kappa shape index (κ3) is 48.3. The first-order valence-corrected chi connectivity index (χ1v) is 12.3. The van der Waals surface area contributed by atoms with E-state index in [9.17, 15) is 0 Å². The van der Waals surface area contributed by atoms with Gasteiger partial charge in [-0.15, -0.1) is 0 Å². The monoisotopic (exact) mass is 632 g/mol. The molecule has 38 heavy (non-hydrogen) atoms. The molecule has 0 spiro atoms. The first kappa shape index (κ1) is 47.0.